The molecule has 0 N–H and O–H groups in total. The second-order valence-electron chi connectivity index (χ2n) is 7.56. The van der Waals surface area contributed by atoms with Crippen LogP contribution in [0.5, 0.6) is 0 Å². The van der Waals surface area contributed by atoms with E-state index in [4.69, 9.17) is 0 Å². The molecule has 0 radical (unpaired) electrons. The predicted octanol–water partition coefficient (Wildman–Crippen LogP) is 3.69. The standard InChI is InChI=1S/C22H25N3O2S/c1-15-7-3-4-8-16(15)13-24(2)19(26)11-12-25-14-23-21-20(22(25)27)17-9-5-6-10-18(17)28-21/h3-4,7-8,14H,5-6,9-13H2,1-2H3. The maximum Gasteiger partial charge on any atom is 0.262 e. The van der Waals surface area contributed by atoms with Gasteiger partial charge in [0.2, 0.25) is 5.91 Å². The Bertz CT molecular complexity index is 1080. The molecule has 3 aromatic rings. The fourth-order valence-electron chi connectivity index (χ4n) is 3.88. The molecule has 4 rings (SSSR count). The summed E-state index contributed by atoms with van der Waals surface area (Å²) in [6.45, 7) is 2.99. The molecule has 0 saturated carbocycles. The highest BCUT2D eigenvalue weighted by atomic mass is 32.1. The predicted molar refractivity (Wildman–Crippen MR) is 113 cm³/mol. The summed E-state index contributed by atoms with van der Waals surface area (Å²) in [6, 6.07) is 8.08. The third-order valence-electron chi connectivity index (χ3n) is 5.60. The topological polar surface area (TPSA) is 55.2 Å². The first-order valence-electron chi connectivity index (χ1n) is 9.82. The fraction of sp³-hybridized carbons (Fsp3) is 0.409. The van der Waals surface area contributed by atoms with Gasteiger partial charge in [-0.15, -0.1) is 11.3 Å². The number of hydrogen-bond donors (Lipinski definition) is 0. The second-order valence-corrected chi connectivity index (χ2v) is 8.64. The van der Waals surface area contributed by atoms with Gasteiger partial charge in [-0.25, -0.2) is 4.98 Å². The average Bonchev–Trinajstić information content (AvgIpc) is 3.08. The number of fused-ring (bicyclic) bond motifs is 3. The minimum atomic E-state index is -0.00115. The van der Waals surface area contributed by atoms with E-state index in [1.165, 1.54) is 22.4 Å². The summed E-state index contributed by atoms with van der Waals surface area (Å²) in [5.74, 6) is 0.0302. The summed E-state index contributed by atoms with van der Waals surface area (Å²) in [4.78, 5) is 34.0. The maximum atomic E-state index is 13.0. The Morgan fingerprint density at radius 1 is 1.25 bits per heavy atom. The zero-order chi connectivity index (χ0) is 19.7. The number of carbonyl (C=O) groups excluding carboxylic acids is 1. The van der Waals surface area contributed by atoms with Crippen molar-refractivity contribution in [1.29, 1.82) is 0 Å². The molecule has 0 bridgehead atoms. The van der Waals surface area contributed by atoms with E-state index in [0.717, 1.165) is 35.0 Å². The van der Waals surface area contributed by atoms with Crippen LogP contribution in [0.25, 0.3) is 10.2 Å². The molecule has 0 unspecified atom stereocenters. The molecular weight excluding hydrogens is 370 g/mol. The van der Waals surface area contributed by atoms with E-state index < -0.39 is 0 Å². The molecule has 2 heterocycles. The molecular formula is C22H25N3O2S. The van der Waals surface area contributed by atoms with Crippen molar-refractivity contribution >= 4 is 27.5 Å². The van der Waals surface area contributed by atoms with Crippen molar-refractivity contribution in [1.82, 2.24) is 14.5 Å². The summed E-state index contributed by atoms with van der Waals surface area (Å²) in [6.07, 6.45) is 6.24. The molecule has 0 saturated heterocycles. The Labute approximate surface area is 168 Å². The summed E-state index contributed by atoms with van der Waals surface area (Å²) in [5, 5.41) is 0.780. The molecule has 28 heavy (non-hydrogen) atoms. The Kier molecular flexibility index (Phi) is 5.31. The largest absolute Gasteiger partial charge is 0.341 e. The number of aryl methyl sites for hydroxylation is 4. The summed E-state index contributed by atoms with van der Waals surface area (Å²) in [5.41, 5.74) is 3.51. The van der Waals surface area contributed by atoms with Crippen molar-refractivity contribution < 1.29 is 4.79 Å². The Hall–Kier alpha value is -2.47. The van der Waals surface area contributed by atoms with E-state index in [1.807, 2.05) is 25.2 Å². The molecule has 5 nitrogen and oxygen atoms in total. The van der Waals surface area contributed by atoms with Crippen molar-refractivity contribution in [3.63, 3.8) is 0 Å². The van der Waals surface area contributed by atoms with Gasteiger partial charge in [0.05, 0.1) is 11.7 Å². The van der Waals surface area contributed by atoms with E-state index in [9.17, 15) is 9.59 Å². The lowest BCUT2D eigenvalue weighted by atomic mass is 9.97. The first-order valence-corrected chi connectivity index (χ1v) is 10.6. The number of benzene rings is 1. The van der Waals surface area contributed by atoms with E-state index >= 15 is 0 Å². The molecule has 1 amide bonds. The van der Waals surface area contributed by atoms with Crippen LogP contribution >= 0.6 is 11.3 Å². The average molecular weight is 396 g/mol. The first kappa shape index (κ1) is 18.9. The Morgan fingerprint density at radius 3 is 2.86 bits per heavy atom. The van der Waals surface area contributed by atoms with Gasteiger partial charge < -0.3 is 4.90 Å². The maximum absolute atomic E-state index is 13.0. The van der Waals surface area contributed by atoms with Crippen LogP contribution in [0.2, 0.25) is 0 Å². The molecule has 1 aliphatic carbocycles. The molecule has 6 heteroatoms. The van der Waals surface area contributed by atoms with Crippen LogP contribution in [0, 0.1) is 6.92 Å². The zero-order valence-corrected chi connectivity index (χ0v) is 17.2. The molecule has 0 fully saturated rings. The van der Waals surface area contributed by atoms with Gasteiger partial charge in [0, 0.05) is 31.4 Å². The first-order chi connectivity index (χ1) is 13.5. The smallest absolute Gasteiger partial charge is 0.262 e. The van der Waals surface area contributed by atoms with Crippen LogP contribution in [0.15, 0.2) is 35.4 Å². The van der Waals surface area contributed by atoms with Gasteiger partial charge in [0.15, 0.2) is 0 Å². The summed E-state index contributed by atoms with van der Waals surface area (Å²) < 4.78 is 1.60. The molecule has 0 aliphatic heterocycles. The number of aromatic nitrogens is 2. The van der Waals surface area contributed by atoms with Gasteiger partial charge in [-0.2, -0.15) is 0 Å². The van der Waals surface area contributed by atoms with Crippen LogP contribution < -0.4 is 5.56 Å². The third kappa shape index (κ3) is 3.61. The van der Waals surface area contributed by atoms with Gasteiger partial charge in [0.25, 0.3) is 5.56 Å². The number of thiophene rings is 1. The number of carbonyl (C=O) groups is 1. The highest BCUT2D eigenvalue weighted by Crippen LogP contribution is 2.33. The minimum Gasteiger partial charge on any atom is -0.341 e. The van der Waals surface area contributed by atoms with E-state index in [1.54, 1.807) is 27.1 Å². The Balaban J connectivity index is 1.48. The van der Waals surface area contributed by atoms with Crippen LogP contribution in [0.4, 0.5) is 0 Å². The minimum absolute atomic E-state index is 0.00115. The summed E-state index contributed by atoms with van der Waals surface area (Å²) in [7, 11) is 1.81. The second kappa shape index (κ2) is 7.87. The molecule has 2 aromatic heterocycles. The molecule has 1 aromatic carbocycles. The van der Waals surface area contributed by atoms with Crippen molar-refractivity contribution in [3.8, 4) is 0 Å². The van der Waals surface area contributed by atoms with Crippen molar-refractivity contribution in [2.24, 2.45) is 0 Å². The lowest BCUT2D eigenvalue weighted by Gasteiger charge is -2.19. The number of amides is 1. The van der Waals surface area contributed by atoms with Crippen molar-refractivity contribution in [2.75, 3.05) is 7.05 Å². The van der Waals surface area contributed by atoms with Gasteiger partial charge in [-0.1, -0.05) is 24.3 Å². The van der Waals surface area contributed by atoms with E-state index in [0.29, 0.717) is 19.5 Å². The quantitative estimate of drug-likeness (QED) is 0.662. The van der Waals surface area contributed by atoms with Crippen molar-refractivity contribution in [3.05, 3.63) is 62.5 Å². The Morgan fingerprint density at radius 2 is 2.04 bits per heavy atom. The van der Waals surface area contributed by atoms with Gasteiger partial charge in [0.1, 0.15) is 4.83 Å². The third-order valence-corrected chi connectivity index (χ3v) is 6.80. The highest BCUT2D eigenvalue weighted by Gasteiger charge is 2.20. The lowest BCUT2D eigenvalue weighted by molar-refractivity contribution is -0.130. The monoisotopic (exact) mass is 395 g/mol. The SMILES string of the molecule is Cc1ccccc1CN(C)C(=O)CCn1cnc2sc3c(c2c1=O)CCCC3. The van der Waals surface area contributed by atoms with Gasteiger partial charge >= 0.3 is 0 Å². The molecule has 146 valence electrons. The van der Waals surface area contributed by atoms with E-state index in [-0.39, 0.29) is 11.5 Å². The van der Waals surface area contributed by atoms with E-state index in [2.05, 4.69) is 18.0 Å². The van der Waals surface area contributed by atoms with Gasteiger partial charge in [-0.05, 0) is 49.3 Å². The fourth-order valence-corrected chi connectivity index (χ4v) is 5.10. The zero-order valence-electron chi connectivity index (χ0n) is 16.4. The number of nitrogens with zero attached hydrogens (tertiary/aromatic N) is 3. The molecule has 0 spiro atoms. The summed E-state index contributed by atoms with van der Waals surface area (Å²) >= 11 is 1.65. The normalized spacial score (nSPS) is 13.5. The van der Waals surface area contributed by atoms with Crippen LogP contribution in [0.1, 0.15) is 40.8 Å². The number of rotatable bonds is 5. The van der Waals surface area contributed by atoms with Crippen molar-refractivity contribution in [2.45, 2.75) is 52.1 Å². The van der Waals surface area contributed by atoms with Gasteiger partial charge in [-0.3, -0.25) is 14.2 Å². The lowest BCUT2D eigenvalue weighted by Crippen LogP contribution is -2.29. The van der Waals surface area contributed by atoms with Crippen LogP contribution in [0.3, 0.4) is 0 Å². The molecule has 1 aliphatic rings. The van der Waals surface area contributed by atoms with Crippen LogP contribution in [-0.4, -0.2) is 27.4 Å². The number of hydrogen-bond acceptors (Lipinski definition) is 4. The molecule has 0 atom stereocenters. The van der Waals surface area contributed by atoms with Crippen LogP contribution in [-0.2, 0) is 30.7 Å². The highest BCUT2D eigenvalue weighted by molar-refractivity contribution is 7.18.